The zero-order chi connectivity index (χ0) is 17.9. The summed E-state index contributed by atoms with van der Waals surface area (Å²) in [5, 5.41) is 4.89. The van der Waals surface area contributed by atoms with Crippen molar-refractivity contribution in [2.75, 3.05) is 13.7 Å². The van der Waals surface area contributed by atoms with Gasteiger partial charge >= 0.3 is 12.1 Å². The fourth-order valence-corrected chi connectivity index (χ4v) is 2.00. The molecule has 0 fully saturated rings. The maximum Gasteiger partial charge on any atom is 0.407 e. The van der Waals surface area contributed by atoms with E-state index in [9.17, 15) is 14.4 Å². The Balaban J connectivity index is 2.35. The molecule has 1 aromatic rings. The predicted molar refractivity (Wildman–Crippen MR) is 88.0 cm³/mol. The fourth-order valence-electron chi connectivity index (χ4n) is 2.00. The second-order valence-electron chi connectivity index (χ2n) is 5.69. The van der Waals surface area contributed by atoms with Crippen LogP contribution in [0.4, 0.5) is 4.79 Å². The van der Waals surface area contributed by atoms with Crippen LogP contribution in [0, 0.1) is 5.92 Å². The number of methoxy groups -OCH3 is 1. The normalized spacial score (nSPS) is 11.5. The molecule has 0 bridgehead atoms. The Morgan fingerprint density at radius 2 is 1.79 bits per heavy atom. The zero-order valence-electron chi connectivity index (χ0n) is 14.2. The lowest BCUT2D eigenvalue weighted by Gasteiger charge is -2.18. The third kappa shape index (κ3) is 7.62. The van der Waals surface area contributed by atoms with Crippen LogP contribution in [0.25, 0.3) is 0 Å². The van der Waals surface area contributed by atoms with E-state index in [4.69, 9.17) is 4.74 Å². The molecule has 7 heteroatoms. The topological polar surface area (TPSA) is 93.7 Å². The van der Waals surface area contributed by atoms with Crippen molar-refractivity contribution < 1.29 is 23.9 Å². The Morgan fingerprint density at radius 1 is 1.12 bits per heavy atom. The van der Waals surface area contributed by atoms with Gasteiger partial charge in [0.15, 0.2) is 0 Å². The third-order valence-corrected chi connectivity index (χ3v) is 3.13. The zero-order valence-corrected chi connectivity index (χ0v) is 14.2. The Morgan fingerprint density at radius 3 is 2.38 bits per heavy atom. The van der Waals surface area contributed by atoms with Crippen molar-refractivity contribution in [1.29, 1.82) is 0 Å². The number of rotatable bonds is 8. The molecule has 2 N–H and O–H groups in total. The lowest BCUT2D eigenvalue weighted by Crippen LogP contribution is -2.46. The van der Waals surface area contributed by atoms with Crippen LogP contribution < -0.4 is 10.6 Å². The van der Waals surface area contributed by atoms with E-state index >= 15 is 0 Å². The number of carbonyl (C=O) groups is 3. The number of hydrogen-bond donors (Lipinski definition) is 2. The highest BCUT2D eigenvalue weighted by atomic mass is 16.5. The first kappa shape index (κ1) is 19.5. The minimum atomic E-state index is -0.732. The van der Waals surface area contributed by atoms with E-state index in [0.29, 0.717) is 6.42 Å². The molecule has 1 unspecified atom stereocenters. The summed E-state index contributed by atoms with van der Waals surface area (Å²) in [4.78, 5) is 35.0. The van der Waals surface area contributed by atoms with Crippen LogP contribution in [0.5, 0.6) is 0 Å². The molecular weight excluding hydrogens is 312 g/mol. The van der Waals surface area contributed by atoms with Crippen LogP contribution in [0.15, 0.2) is 30.3 Å². The molecule has 1 atom stereocenters. The summed E-state index contributed by atoms with van der Waals surface area (Å²) in [7, 11) is 1.26. The molecule has 0 saturated carbocycles. The van der Waals surface area contributed by atoms with Crippen molar-refractivity contribution in [2.24, 2.45) is 5.92 Å². The van der Waals surface area contributed by atoms with Crippen molar-refractivity contribution in [3.63, 3.8) is 0 Å². The van der Waals surface area contributed by atoms with Crippen molar-refractivity contribution in [1.82, 2.24) is 10.6 Å². The summed E-state index contributed by atoms with van der Waals surface area (Å²) in [5.74, 6) is -0.787. The Bertz CT molecular complexity index is 545. The molecule has 0 aliphatic heterocycles. The van der Waals surface area contributed by atoms with E-state index in [1.165, 1.54) is 7.11 Å². The van der Waals surface area contributed by atoms with Gasteiger partial charge in [0, 0.05) is 0 Å². The first-order chi connectivity index (χ1) is 11.4. The van der Waals surface area contributed by atoms with Gasteiger partial charge in [0.25, 0.3) is 0 Å². The molecule has 1 rings (SSSR count). The van der Waals surface area contributed by atoms with Gasteiger partial charge in [-0.15, -0.1) is 0 Å². The van der Waals surface area contributed by atoms with Gasteiger partial charge in [-0.2, -0.15) is 0 Å². The first-order valence-corrected chi connectivity index (χ1v) is 7.74. The minimum Gasteiger partial charge on any atom is -0.467 e. The van der Waals surface area contributed by atoms with Crippen molar-refractivity contribution in [2.45, 2.75) is 32.9 Å². The minimum absolute atomic E-state index is 0.117. The molecule has 0 aliphatic carbocycles. The van der Waals surface area contributed by atoms with Crippen LogP contribution in [0.3, 0.4) is 0 Å². The van der Waals surface area contributed by atoms with Gasteiger partial charge in [0.05, 0.1) is 7.11 Å². The average Bonchev–Trinajstić information content (AvgIpc) is 2.57. The van der Waals surface area contributed by atoms with Crippen molar-refractivity contribution in [3.8, 4) is 0 Å². The number of amides is 2. The number of nitrogens with one attached hydrogen (secondary N) is 2. The largest absolute Gasteiger partial charge is 0.467 e. The van der Waals surface area contributed by atoms with E-state index < -0.39 is 24.0 Å². The number of benzene rings is 1. The van der Waals surface area contributed by atoms with E-state index in [-0.39, 0.29) is 19.1 Å². The molecule has 2 amide bonds. The second kappa shape index (κ2) is 10.3. The molecule has 0 radical (unpaired) electrons. The summed E-state index contributed by atoms with van der Waals surface area (Å²) < 4.78 is 9.66. The van der Waals surface area contributed by atoms with Crippen LogP contribution in [-0.4, -0.2) is 37.7 Å². The van der Waals surface area contributed by atoms with Gasteiger partial charge in [-0.1, -0.05) is 44.2 Å². The number of esters is 1. The van der Waals surface area contributed by atoms with E-state index in [1.807, 2.05) is 44.2 Å². The highest BCUT2D eigenvalue weighted by Crippen LogP contribution is 2.06. The van der Waals surface area contributed by atoms with Crippen molar-refractivity contribution >= 4 is 18.0 Å². The molecule has 7 nitrogen and oxygen atoms in total. The maximum atomic E-state index is 11.8. The quantitative estimate of drug-likeness (QED) is 0.704. The summed E-state index contributed by atoms with van der Waals surface area (Å²) in [5.41, 5.74) is 0.847. The van der Waals surface area contributed by atoms with Crippen LogP contribution >= 0.6 is 0 Å². The lowest BCUT2D eigenvalue weighted by atomic mass is 10.0. The van der Waals surface area contributed by atoms with E-state index in [1.54, 1.807) is 0 Å². The summed E-state index contributed by atoms with van der Waals surface area (Å²) in [6.07, 6.45) is -0.246. The molecule has 0 saturated heterocycles. The highest BCUT2D eigenvalue weighted by molar-refractivity contribution is 5.87. The number of hydrogen-bond acceptors (Lipinski definition) is 5. The molecule has 1 aromatic carbocycles. The van der Waals surface area contributed by atoms with Crippen LogP contribution in [-0.2, 0) is 25.7 Å². The number of carbonyl (C=O) groups excluding carboxylic acids is 3. The Hall–Kier alpha value is -2.57. The first-order valence-electron chi connectivity index (χ1n) is 7.74. The lowest BCUT2D eigenvalue weighted by molar-refractivity contribution is -0.145. The van der Waals surface area contributed by atoms with Gasteiger partial charge in [-0.05, 0) is 17.9 Å². The van der Waals surface area contributed by atoms with Gasteiger partial charge in [-0.25, -0.2) is 9.59 Å². The van der Waals surface area contributed by atoms with Crippen LogP contribution in [0.2, 0.25) is 0 Å². The standard InChI is InChI=1S/C17H24N2O5/c1-12(2)9-14(16(21)23-3)19-15(20)10-18-17(22)24-11-13-7-5-4-6-8-13/h4-8,12,14H,9-11H2,1-3H3,(H,18,22)(H,19,20). The Kier molecular flexibility index (Phi) is 8.32. The molecule has 0 spiro atoms. The summed E-state index contributed by atoms with van der Waals surface area (Å²) >= 11 is 0. The molecule has 24 heavy (non-hydrogen) atoms. The number of alkyl carbamates (subject to hydrolysis) is 1. The monoisotopic (exact) mass is 336 g/mol. The smallest absolute Gasteiger partial charge is 0.407 e. The van der Waals surface area contributed by atoms with Crippen molar-refractivity contribution in [3.05, 3.63) is 35.9 Å². The summed E-state index contributed by atoms with van der Waals surface area (Å²) in [6.45, 7) is 3.70. The molecule has 0 aliphatic rings. The summed E-state index contributed by atoms with van der Waals surface area (Å²) in [6, 6.07) is 8.46. The third-order valence-electron chi connectivity index (χ3n) is 3.13. The average molecular weight is 336 g/mol. The molecule has 0 aromatic heterocycles. The van der Waals surface area contributed by atoms with Gasteiger partial charge in [0.2, 0.25) is 5.91 Å². The Labute approximate surface area is 141 Å². The van der Waals surface area contributed by atoms with Crippen LogP contribution in [0.1, 0.15) is 25.8 Å². The van der Waals surface area contributed by atoms with Gasteiger partial charge in [0.1, 0.15) is 19.2 Å². The van der Waals surface area contributed by atoms with Gasteiger partial charge < -0.3 is 20.1 Å². The molecule has 0 heterocycles. The fraction of sp³-hybridized carbons (Fsp3) is 0.471. The number of ether oxygens (including phenoxy) is 2. The predicted octanol–water partition coefficient (Wildman–Crippen LogP) is 1.62. The molecule has 132 valence electrons. The van der Waals surface area contributed by atoms with Gasteiger partial charge in [-0.3, -0.25) is 4.79 Å². The second-order valence-corrected chi connectivity index (χ2v) is 5.69. The molecular formula is C17H24N2O5. The SMILES string of the molecule is COC(=O)C(CC(C)C)NC(=O)CNC(=O)OCc1ccccc1. The highest BCUT2D eigenvalue weighted by Gasteiger charge is 2.22. The van der Waals surface area contributed by atoms with E-state index in [0.717, 1.165) is 5.56 Å². The maximum absolute atomic E-state index is 11.8. The van der Waals surface area contributed by atoms with E-state index in [2.05, 4.69) is 15.4 Å².